The normalized spacial score (nSPS) is 11.3. The molecular formula is C31H40F4. The van der Waals surface area contributed by atoms with Crippen molar-refractivity contribution in [1.29, 1.82) is 0 Å². The van der Waals surface area contributed by atoms with Crippen LogP contribution in [0.1, 0.15) is 80.5 Å². The number of aryl methyl sites for hydroxylation is 3. The quantitative estimate of drug-likeness (QED) is 0.168. The third kappa shape index (κ3) is 8.52. The van der Waals surface area contributed by atoms with E-state index in [-0.39, 0.29) is 10.8 Å². The molecule has 3 rings (SSSR count). The number of halogens is 4. The third-order valence-corrected chi connectivity index (χ3v) is 5.83. The van der Waals surface area contributed by atoms with Crippen LogP contribution in [0.3, 0.4) is 0 Å². The Morgan fingerprint density at radius 2 is 0.886 bits per heavy atom. The topological polar surface area (TPSA) is 0 Å². The van der Waals surface area contributed by atoms with Crippen LogP contribution in [0.5, 0.6) is 0 Å². The average molecular weight is 489 g/mol. The standard InChI is InChI=1S/C15H24.C8H6F4.C8H10/c1-11-8-9-12(14(2,3)4)10-13(11)15(5,6)7;1-3-5(9)4(2)7(11)8(12)6(3)10;1-7-3-5-8(2)6-4-7/h8-10H,1-7H3;1-2H3;3-6H,1-2H3. The van der Waals surface area contributed by atoms with Crippen LogP contribution in [0.2, 0.25) is 0 Å². The molecule has 0 N–H and O–H groups in total. The lowest BCUT2D eigenvalue weighted by atomic mass is 9.79. The lowest BCUT2D eigenvalue weighted by Crippen LogP contribution is -2.17. The number of rotatable bonds is 0. The molecule has 0 unspecified atom stereocenters. The first-order valence-corrected chi connectivity index (χ1v) is 11.8. The van der Waals surface area contributed by atoms with Crippen LogP contribution in [0.25, 0.3) is 0 Å². The van der Waals surface area contributed by atoms with E-state index in [1.54, 1.807) is 0 Å². The van der Waals surface area contributed by atoms with E-state index in [0.29, 0.717) is 0 Å². The van der Waals surface area contributed by atoms with Crippen molar-refractivity contribution >= 4 is 0 Å². The van der Waals surface area contributed by atoms with Gasteiger partial charge in [-0.25, -0.2) is 17.6 Å². The van der Waals surface area contributed by atoms with E-state index in [4.69, 9.17) is 0 Å². The van der Waals surface area contributed by atoms with E-state index in [1.165, 1.54) is 27.8 Å². The van der Waals surface area contributed by atoms with Gasteiger partial charge in [0.15, 0.2) is 17.5 Å². The summed E-state index contributed by atoms with van der Waals surface area (Å²) in [5, 5.41) is 0. The minimum atomic E-state index is -1.62. The van der Waals surface area contributed by atoms with Gasteiger partial charge in [-0.1, -0.05) is 95.1 Å². The molecule has 0 heterocycles. The number of benzene rings is 3. The first-order valence-electron chi connectivity index (χ1n) is 11.8. The van der Waals surface area contributed by atoms with Crippen molar-refractivity contribution in [3.8, 4) is 0 Å². The Kier molecular flexibility index (Phi) is 10.3. The summed E-state index contributed by atoms with van der Waals surface area (Å²) < 4.78 is 50.5. The monoisotopic (exact) mass is 488 g/mol. The molecule has 0 aliphatic rings. The summed E-state index contributed by atoms with van der Waals surface area (Å²) in [6.45, 7) is 22.1. The highest BCUT2D eigenvalue weighted by molar-refractivity contribution is 5.38. The van der Waals surface area contributed by atoms with Gasteiger partial charge in [-0.15, -0.1) is 0 Å². The largest absolute Gasteiger partial charge is 0.206 e. The molecule has 0 aliphatic heterocycles. The molecule has 0 nitrogen and oxygen atoms in total. The summed E-state index contributed by atoms with van der Waals surface area (Å²) in [4.78, 5) is 0. The van der Waals surface area contributed by atoms with Gasteiger partial charge in [0, 0.05) is 11.1 Å². The van der Waals surface area contributed by atoms with Gasteiger partial charge in [-0.3, -0.25) is 0 Å². The maximum atomic E-state index is 12.8. The van der Waals surface area contributed by atoms with E-state index in [0.717, 1.165) is 13.8 Å². The molecule has 35 heavy (non-hydrogen) atoms. The van der Waals surface area contributed by atoms with E-state index < -0.39 is 34.4 Å². The van der Waals surface area contributed by atoms with Crippen LogP contribution >= 0.6 is 0 Å². The maximum Gasteiger partial charge on any atom is 0.195 e. The van der Waals surface area contributed by atoms with Crippen LogP contribution < -0.4 is 0 Å². The zero-order valence-corrected chi connectivity index (χ0v) is 23.1. The highest BCUT2D eigenvalue weighted by Crippen LogP contribution is 2.31. The van der Waals surface area contributed by atoms with E-state index >= 15 is 0 Å². The second-order valence-corrected chi connectivity index (χ2v) is 11.2. The second-order valence-electron chi connectivity index (χ2n) is 11.2. The molecule has 0 bridgehead atoms. The van der Waals surface area contributed by atoms with Crippen LogP contribution in [0.15, 0.2) is 42.5 Å². The average Bonchev–Trinajstić information content (AvgIpc) is 2.76. The molecular weight excluding hydrogens is 448 g/mol. The lowest BCUT2D eigenvalue weighted by molar-refractivity contribution is 0.423. The lowest BCUT2D eigenvalue weighted by Gasteiger charge is -2.26. The molecule has 0 aliphatic carbocycles. The minimum absolute atomic E-state index is 0.241. The van der Waals surface area contributed by atoms with Crippen molar-refractivity contribution in [2.24, 2.45) is 0 Å². The van der Waals surface area contributed by atoms with Crippen LogP contribution in [-0.2, 0) is 10.8 Å². The molecule has 0 saturated heterocycles. The Bertz CT molecular complexity index is 1000. The predicted molar refractivity (Wildman–Crippen MR) is 140 cm³/mol. The van der Waals surface area contributed by atoms with Gasteiger partial charge in [0.1, 0.15) is 5.82 Å². The van der Waals surface area contributed by atoms with Gasteiger partial charge in [0.2, 0.25) is 0 Å². The van der Waals surface area contributed by atoms with Gasteiger partial charge in [-0.05, 0) is 62.1 Å². The Balaban J connectivity index is 0.000000274. The summed E-state index contributed by atoms with van der Waals surface area (Å²) in [7, 11) is 0. The smallest absolute Gasteiger partial charge is 0.195 e. The van der Waals surface area contributed by atoms with E-state index in [1.807, 2.05) is 0 Å². The molecule has 192 valence electrons. The Morgan fingerprint density at radius 1 is 0.486 bits per heavy atom. The summed E-state index contributed by atoms with van der Waals surface area (Å²) >= 11 is 0. The highest BCUT2D eigenvalue weighted by atomic mass is 19.2. The molecule has 4 heteroatoms. The van der Waals surface area contributed by atoms with Gasteiger partial charge >= 0.3 is 0 Å². The molecule has 3 aromatic rings. The molecule has 0 atom stereocenters. The molecule has 0 aromatic heterocycles. The minimum Gasteiger partial charge on any atom is -0.206 e. The molecule has 0 spiro atoms. The van der Waals surface area contributed by atoms with Crippen molar-refractivity contribution in [3.05, 3.63) is 105 Å². The molecule has 0 radical (unpaired) electrons. The van der Waals surface area contributed by atoms with Gasteiger partial charge in [-0.2, -0.15) is 0 Å². The molecule has 0 amide bonds. The van der Waals surface area contributed by atoms with Crippen molar-refractivity contribution in [2.75, 3.05) is 0 Å². The molecule has 0 fully saturated rings. The first-order chi connectivity index (χ1) is 15.9. The zero-order valence-electron chi connectivity index (χ0n) is 23.1. The van der Waals surface area contributed by atoms with Crippen LogP contribution in [0.4, 0.5) is 17.6 Å². The fourth-order valence-corrected chi connectivity index (χ4v) is 3.43. The number of hydrogen-bond donors (Lipinski definition) is 0. The van der Waals surface area contributed by atoms with Crippen LogP contribution in [-0.4, -0.2) is 0 Å². The first kappa shape index (κ1) is 30.4. The maximum absolute atomic E-state index is 12.8. The summed E-state index contributed by atoms with van der Waals surface area (Å²) in [5.74, 6) is -5.58. The van der Waals surface area contributed by atoms with Crippen molar-refractivity contribution < 1.29 is 17.6 Å². The fourth-order valence-electron chi connectivity index (χ4n) is 3.43. The Morgan fingerprint density at radius 3 is 1.23 bits per heavy atom. The number of hydrogen-bond acceptors (Lipinski definition) is 0. The van der Waals surface area contributed by atoms with Gasteiger partial charge in [0.05, 0.1) is 0 Å². The third-order valence-electron chi connectivity index (χ3n) is 5.83. The summed E-state index contributed by atoms with van der Waals surface area (Å²) in [5.41, 5.74) is 6.45. The highest BCUT2D eigenvalue weighted by Gasteiger charge is 2.21. The fraction of sp³-hybridized carbons (Fsp3) is 0.419. The van der Waals surface area contributed by atoms with E-state index in [9.17, 15) is 17.6 Å². The van der Waals surface area contributed by atoms with Crippen molar-refractivity contribution in [2.45, 2.75) is 87.0 Å². The molecule has 3 aromatic carbocycles. The predicted octanol–water partition coefficient (Wildman–Crippen LogP) is 9.75. The van der Waals surface area contributed by atoms with Gasteiger partial charge < -0.3 is 0 Å². The molecule has 0 saturated carbocycles. The summed E-state index contributed by atoms with van der Waals surface area (Å²) in [6, 6.07) is 15.4. The van der Waals surface area contributed by atoms with Gasteiger partial charge in [0.25, 0.3) is 0 Å². The van der Waals surface area contributed by atoms with Crippen LogP contribution in [0, 0.1) is 57.9 Å². The SMILES string of the molecule is Cc1c(F)c(C)c(F)c(F)c1F.Cc1ccc(C(C)(C)C)cc1C(C)(C)C.Cc1ccc(C)cc1. The summed E-state index contributed by atoms with van der Waals surface area (Å²) in [6.07, 6.45) is 0. The van der Waals surface area contributed by atoms with Crippen molar-refractivity contribution in [3.63, 3.8) is 0 Å². The van der Waals surface area contributed by atoms with E-state index in [2.05, 4.69) is 105 Å². The zero-order chi connectivity index (χ0) is 27.3. The van der Waals surface area contributed by atoms with Crippen molar-refractivity contribution in [1.82, 2.24) is 0 Å². The second kappa shape index (κ2) is 11.9. The Hall–Kier alpha value is -2.62. The Labute approximate surface area is 209 Å².